The zero-order chi connectivity index (χ0) is 37.5. The summed E-state index contributed by atoms with van der Waals surface area (Å²) in [4.78, 5) is 36.6. The summed E-state index contributed by atoms with van der Waals surface area (Å²) >= 11 is 7.11. The number of likely N-dealkylation sites (tertiary alicyclic amines) is 2. The van der Waals surface area contributed by atoms with E-state index in [1.807, 2.05) is 64.4 Å². The molecule has 53 heavy (non-hydrogen) atoms. The molecule has 2 aliphatic heterocycles. The number of piperidine rings is 2. The highest BCUT2D eigenvalue weighted by Gasteiger charge is 2.23. The van der Waals surface area contributed by atoms with Crippen LogP contribution in [0.25, 0.3) is 33.6 Å². The van der Waals surface area contributed by atoms with Gasteiger partial charge in [-0.05, 0) is 43.9 Å². The van der Waals surface area contributed by atoms with Crippen LogP contribution in [-0.2, 0) is 22.7 Å². The molecule has 4 aromatic rings. The fourth-order valence-electron chi connectivity index (χ4n) is 7.24. The molecule has 2 N–H and O–H groups in total. The van der Waals surface area contributed by atoms with Gasteiger partial charge in [0.15, 0.2) is 0 Å². The van der Waals surface area contributed by atoms with Crippen molar-refractivity contribution in [2.45, 2.75) is 64.7 Å². The van der Waals surface area contributed by atoms with E-state index in [1.54, 1.807) is 34.3 Å². The quantitative estimate of drug-likeness (QED) is 0.184. The summed E-state index contributed by atoms with van der Waals surface area (Å²) in [5.41, 5.74) is 6.37. The molecule has 276 valence electrons. The standard InChI is InChI=1S/C41H46ClN7O4/c1-26(50)48-18-13-31(14-19-48)45-24-29-9-8-28(22-38(29)52-3)40-39(42)35(12-17-44-40)33-6-5-7-34(36(33)23-43)37-11-10-30(41(47-37)53-4)25-46-32-15-20-49(21-16-32)27(2)51/h5-12,17,22,31-32,45-46H,13-16,18-21,24-25H2,1-4H3. The second-order valence-corrected chi connectivity index (χ2v) is 14.0. The summed E-state index contributed by atoms with van der Waals surface area (Å²) in [7, 11) is 3.25. The molecule has 12 heteroatoms. The van der Waals surface area contributed by atoms with Crippen LogP contribution in [-0.4, -0.2) is 84.1 Å². The lowest BCUT2D eigenvalue weighted by Gasteiger charge is -2.32. The van der Waals surface area contributed by atoms with Gasteiger partial charge in [0.25, 0.3) is 0 Å². The Morgan fingerprint density at radius 2 is 1.43 bits per heavy atom. The summed E-state index contributed by atoms with van der Waals surface area (Å²) in [6.45, 7) is 7.47. The Hall–Kier alpha value is -5.02. The van der Waals surface area contributed by atoms with Crippen LogP contribution in [0.4, 0.5) is 0 Å². The van der Waals surface area contributed by atoms with E-state index in [9.17, 15) is 14.9 Å². The molecule has 2 aromatic heterocycles. The molecule has 0 saturated carbocycles. The summed E-state index contributed by atoms with van der Waals surface area (Å²) in [5.74, 6) is 1.45. The maximum Gasteiger partial charge on any atom is 0.219 e. The van der Waals surface area contributed by atoms with Gasteiger partial charge in [-0.15, -0.1) is 0 Å². The number of halogens is 1. The van der Waals surface area contributed by atoms with Crippen LogP contribution in [0.2, 0.25) is 5.02 Å². The third-order valence-electron chi connectivity index (χ3n) is 10.4. The zero-order valence-electron chi connectivity index (χ0n) is 30.7. The Balaban J connectivity index is 1.20. The number of hydrogen-bond acceptors (Lipinski definition) is 9. The zero-order valence-corrected chi connectivity index (χ0v) is 31.5. The van der Waals surface area contributed by atoms with Crippen molar-refractivity contribution in [3.63, 3.8) is 0 Å². The van der Waals surface area contributed by atoms with Crippen molar-refractivity contribution in [2.75, 3.05) is 40.4 Å². The molecule has 4 heterocycles. The molecule has 6 rings (SSSR count). The Kier molecular flexibility index (Phi) is 12.2. The molecule has 0 bridgehead atoms. The topological polar surface area (TPSA) is 133 Å². The average Bonchev–Trinajstić information content (AvgIpc) is 3.19. The van der Waals surface area contributed by atoms with Gasteiger partial charge in [0, 0.05) is 105 Å². The highest BCUT2D eigenvalue weighted by molar-refractivity contribution is 6.35. The van der Waals surface area contributed by atoms with E-state index >= 15 is 0 Å². The molecule has 2 aromatic carbocycles. The van der Waals surface area contributed by atoms with Crippen LogP contribution in [0, 0.1) is 11.3 Å². The predicted octanol–water partition coefficient (Wildman–Crippen LogP) is 6.22. The molecule has 0 unspecified atom stereocenters. The van der Waals surface area contributed by atoms with Crippen molar-refractivity contribution in [3.05, 3.63) is 82.5 Å². The second-order valence-electron chi connectivity index (χ2n) is 13.6. The number of carbonyl (C=O) groups excluding carboxylic acids is 2. The first-order chi connectivity index (χ1) is 25.7. The first-order valence-electron chi connectivity index (χ1n) is 18.1. The SMILES string of the molecule is COc1cc(-c2nccc(-c3cccc(-c4ccc(CNC5CCN(C(C)=O)CC5)c(OC)n4)c3C#N)c2Cl)ccc1CNC1CCN(C(C)=O)CC1. The van der Waals surface area contributed by atoms with Crippen LogP contribution < -0.4 is 20.1 Å². The summed E-state index contributed by atoms with van der Waals surface area (Å²) in [6, 6.07) is 20.4. The minimum Gasteiger partial charge on any atom is -0.496 e. The molecule has 2 amide bonds. The van der Waals surface area contributed by atoms with Crippen LogP contribution in [0.15, 0.2) is 60.8 Å². The van der Waals surface area contributed by atoms with Gasteiger partial charge in [-0.1, -0.05) is 48.0 Å². The Morgan fingerprint density at radius 1 is 0.830 bits per heavy atom. The van der Waals surface area contributed by atoms with E-state index in [0.29, 0.717) is 69.7 Å². The Bertz CT molecular complexity index is 2000. The molecule has 0 radical (unpaired) electrons. The summed E-state index contributed by atoms with van der Waals surface area (Å²) < 4.78 is 11.5. The van der Waals surface area contributed by atoms with Gasteiger partial charge in [0.05, 0.1) is 36.2 Å². The van der Waals surface area contributed by atoms with Gasteiger partial charge in [-0.25, -0.2) is 4.98 Å². The maximum absolute atomic E-state index is 11.7. The van der Waals surface area contributed by atoms with Crippen molar-refractivity contribution in [3.8, 4) is 51.3 Å². The first kappa shape index (κ1) is 37.7. The Labute approximate surface area is 316 Å². The number of methoxy groups -OCH3 is 2. The minimum absolute atomic E-state index is 0.118. The van der Waals surface area contributed by atoms with Crippen molar-refractivity contribution >= 4 is 23.4 Å². The smallest absolute Gasteiger partial charge is 0.219 e. The number of nitrogens with zero attached hydrogens (tertiary/aromatic N) is 5. The Morgan fingerprint density at radius 3 is 2.02 bits per heavy atom. The largest absolute Gasteiger partial charge is 0.496 e. The lowest BCUT2D eigenvalue weighted by atomic mass is 9.93. The lowest BCUT2D eigenvalue weighted by Crippen LogP contribution is -2.44. The molecule has 2 aliphatic rings. The van der Waals surface area contributed by atoms with E-state index < -0.39 is 0 Å². The molecular weight excluding hydrogens is 690 g/mol. The number of hydrogen-bond donors (Lipinski definition) is 2. The van der Waals surface area contributed by atoms with Gasteiger partial charge in [0.1, 0.15) is 11.8 Å². The van der Waals surface area contributed by atoms with E-state index in [0.717, 1.165) is 74.3 Å². The molecule has 0 aliphatic carbocycles. The van der Waals surface area contributed by atoms with Crippen LogP contribution in [0.3, 0.4) is 0 Å². The number of benzene rings is 2. The lowest BCUT2D eigenvalue weighted by molar-refractivity contribution is -0.130. The van der Waals surface area contributed by atoms with Crippen molar-refractivity contribution in [2.24, 2.45) is 0 Å². The third kappa shape index (κ3) is 8.62. The number of nitriles is 1. The van der Waals surface area contributed by atoms with Gasteiger partial charge >= 0.3 is 0 Å². The van der Waals surface area contributed by atoms with Gasteiger partial charge in [0.2, 0.25) is 17.7 Å². The highest BCUT2D eigenvalue weighted by atomic mass is 35.5. The van der Waals surface area contributed by atoms with Gasteiger partial charge in [-0.3, -0.25) is 14.6 Å². The molecule has 11 nitrogen and oxygen atoms in total. The van der Waals surface area contributed by atoms with Crippen molar-refractivity contribution in [1.82, 2.24) is 30.4 Å². The fraction of sp³-hybridized carbons (Fsp3) is 0.390. The number of carbonyl (C=O) groups is 2. The summed E-state index contributed by atoms with van der Waals surface area (Å²) in [5, 5.41) is 18.1. The molecule has 2 fully saturated rings. The first-order valence-corrected chi connectivity index (χ1v) is 18.5. The van der Waals surface area contributed by atoms with Crippen LogP contribution in [0.5, 0.6) is 11.6 Å². The van der Waals surface area contributed by atoms with E-state index in [4.69, 9.17) is 26.1 Å². The van der Waals surface area contributed by atoms with Gasteiger partial charge in [-0.2, -0.15) is 5.26 Å². The number of aromatic nitrogens is 2. The van der Waals surface area contributed by atoms with Crippen molar-refractivity contribution in [1.29, 1.82) is 5.26 Å². The fourth-order valence-corrected chi connectivity index (χ4v) is 7.56. The monoisotopic (exact) mass is 735 g/mol. The van der Waals surface area contributed by atoms with E-state index in [-0.39, 0.29) is 11.8 Å². The maximum atomic E-state index is 11.7. The normalized spacial score (nSPS) is 15.2. The highest BCUT2D eigenvalue weighted by Crippen LogP contribution is 2.40. The van der Waals surface area contributed by atoms with Crippen molar-refractivity contribution < 1.29 is 19.1 Å². The second kappa shape index (κ2) is 17.2. The molecule has 0 spiro atoms. The number of amides is 2. The number of rotatable bonds is 11. The molecule has 0 atom stereocenters. The van der Waals surface area contributed by atoms with Crippen LogP contribution >= 0.6 is 11.6 Å². The minimum atomic E-state index is 0.118. The van der Waals surface area contributed by atoms with E-state index in [1.165, 1.54) is 0 Å². The number of nitrogens with one attached hydrogen (secondary N) is 2. The third-order valence-corrected chi connectivity index (χ3v) is 10.8. The van der Waals surface area contributed by atoms with Gasteiger partial charge < -0.3 is 29.9 Å². The number of ether oxygens (including phenoxy) is 2. The average molecular weight is 736 g/mol. The van der Waals surface area contributed by atoms with Crippen LogP contribution in [0.1, 0.15) is 56.2 Å². The predicted molar refractivity (Wildman–Crippen MR) is 205 cm³/mol. The number of pyridine rings is 2. The molecular formula is C41H46ClN7O4. The summed E-state index contributed by atoms with van der Waals surface area (Å²) in [6.07, 6.45) is 5.31. The molecule has 2 saturated heterocycles. The van der Waals surface area contributed by atoms with E-state index in [2.05, 4.69) is 21.7 Å².